The number of carbonyl (C=O) groups excluding carboxylic acids is 1. The van der Waals surface area contributed by atoms with E-state index < -0.39 is 18.4 Å². The molecule has 0 radical (unpaired) electrons. The topological polar surface area (TPSA) is 96.3 Å². The number of carbonyl (C=O) groups is 2. The third-order valence-electron chi connectivity index (χ3n) is 2.61. The fourth-order valence-corrected chi connectivity index (χ4v) is 1.60. The zero-order valence-corrected chi connectivity index (χ0v) is 11.3. The molecule has 1 rings (SSSR count). The fraction of sp³-hybridized carbons (Fsp3) is 0.385. The number of rotatable bonds is 7. The number of benzene rings is 1. The summed E-state index contributed by atoms with van der Waals surface area (Å²) in [6, 6.07) is 4.18. The van der Waals surface area contributed by atoms with Gasteiger partial charge in [0, 0.05) is 13.7 Å². The second kappa shape index (κ2) is 7.34. The summed E-state index contributed by atoms with van der Waals surface area (Å²) in [6.45, 7) is -0.166. The number of aliphatic carboxylic acids is 1. The summed E-state index contributed by atoms with van der Waals surface area (Å²) in [5.74, 6) is -1.57. The number of carboxylic acids is 1. The average Bonchev–Trinajstić information content (AvgIpc) is 2.43. The first-order valence-electron chi connectivity index (χ1n) is 5.86. The number of amides is 1. The third-order valence-corrected chi connectivity index (χ3v) is 2.61. The predicted octanol–water partition coefficient (Wildman–Crippen LogP) is 0.574. The molecule has 2 N–H and O–H groups in total. The average molecular weight is 283 g/mol. The Morgan fingerprint density at radius 1 is 1.30 bits per heavy atom. The van der Waals surface area contributed by atoms with Crippen molar-refractivity contribution in [3.05, 3.63) is 23.8 Å². The van der Waals surface area contributed by atoms with Gasteiger partial charge in [0.15, 0.2) is 0 Å². The van der Waals surface area contributed by atoms with E-state index in [1.54, 1.807) is 0 Å². The molecular weight excluding hydrogens is 266 g/mol. The second-order valence-corrected chi connectivity index (χ2v) is 4.00. The van der Waals surface area contributed by atoms with Gasteiger partial charge in [-0.25, -0.2) is 0 Å². The van der Waals surface area contributed by atoms with Gasteiger partial charge < -0.3 is 24.6 Å². The lowest BCUT2D eigenvalue weighted by atomic mass is 10.1. The summed E-state index contributed by atoms with van der Waals surface area (Å²) in [5.41, 5.74) is -0.0123. The minimum absolute atomic E-state index is 0.0123. The summed E-state index contributed by atoms with van der Waals surface area (Å²) in [4.78, 5) is 24.1. The van der Waals surface area contributed by atoms with Gasteiger partial charge in [-0.2, -0.15) is 0 Å². The molecule has 0 saturated carbocycles. The number of hydrogen-bond donors (Lipinski definition) is 2. The molecule has 0 aliphatic carbocycles. The van der Waals surface area contributed by atoms with Gasteiger partial charge in [0.1, 0.15) is 18.0 Å². The normalized spacial score (nSPS) is 10.1. The molecule has 0 aliphatic heterocycles. The van der Waals surface area contributed by atoms with E-state index in [-0.39, 0.29) is 24.5 Å². The molecule has 0 atom stereocenters. The quantitative estimate of drug-likeness (QED) is 0.759. The van der Waals surface area contributed by atoms with E-state index in [9.17, 15) is 14.7 Å². The monoisotopic (exact) mass is 283 g/mol. The van der Waals surface area contributed by atoms with E-state index in [4.69, 9.17) is 14.6 Å². The highest BCUT2D eigenvalue weighted by molar-refractivity contribution is 5.98. The lowest BCUT2D eigenvalue weighted by Crippen LogP contribution is -2.38. The number of carboxylic acid groups (broad SMARTS) is 1. The van der Waals surface area contributed by atoms with Crippen LogP contribution < -0.4 is 4.74 Å². The first-order valence-corrected chi connectivity index (χ1v) is 5.86. The van der Waals surface area contributed by atoms with Crippen molar-refractivity contribution in [2.75, 3.05) is 33.9 Å². The maximum Gasteiger partial charge on any atom is 0.323 e. The van der Waals surface area contributed by atoms with Crippen LogP contribution >= 0.6 is 0 Å². The SMILES string of the molecule is COCCN(CC(=O)O)C(=O)c1cc(OC)ccc1O. The molecule has 0 aromatic heterocycles. The summed E-state index contributed by atoms with van der Waals surface area (Å²) in [5, 5.41) is 18.6. The Kier molecular flexibility index (Phi) is 5.79. The highest BCUT2D eigenvalue weighted by atomic mass is 16.5. The predicted molar refractivity (Wildman–Crippen MR) is 70.1 cm³/mol. The Hall–Kier alpha value is -2.28. The molecule has 0 aliphatic rings. The molecule has 110 valence electrons. The molecule has 0 spiro atoms. The molecule has 0 heterocycles. The molecule has 0 bridgehead atoms. The van der Waals surface area contributed by atoms with Crippen LogP contribution in [0.15, 0.2) is 18.2 Å². The van der Waals surface area contributed by atoms with Crippen molar-refractivity contribution in [3.63, 3.8) is 0 Å². The number of nitrogens with zero attached hydrogens (tertiary/aromatic N) is 1. The smallest absolute Gasteiger partial charge is 0.323 e. The van der Waals surface area contributed by atoms with Crippen LogP contribution in [0.3, 0.4) is 0 Å². The van der Waals surface area contributed by atoms with Gasteiger partial charge in [-0.3, -0.25) is 9.59 Å². The first kappa shape index (κ1) is 15.8. The molecule has 0 unspecified atom stereocenters. The lowest BCUT2D eigenvalue weighted by Gasteiger charge is -2.21. The fourth-order valence-electron chi connectivity index (χ4n) is 1.60. The van der Waals surface area contributed by atoms with Crippen LogP contribution in [0.5, 0.6) is 11.5 Å². The Morgan fingerprint density at radius 2 is 2.00 bits per heavy atom. The minimum atomic E-state index is -1.14. The van der Waals surface area contributed by atoms with Crippen molar-refractivity contribution in [2.45, 2.75) is 0 Å². The molecule has 0 saturated heterocycles. The first-order chi connectivity index (χ1) is 9.49. The summed E-state index contributed by atoms with van der Waals surface area (Å²) in [6.07, 6.45) is 0. The zero-order valence-electron chi connectivity index (χ0n) is 11.3. The standard InChI is InChI=1S/C13H17NO6/c1-19-6-5-14(8-12(16)17)13(18)10-7-9(20-2)3-4-11(10)15/h3-4,7,15H,5-6,8H2,1-2H3,(H,16,17). The van der Waals surface area contributed by atoms with Gasteiger partial charge in [0.05, 0.1) is 19.3 Å². The lowest BCUT2D eigenvalue weighted by molar-refractivity contribution is -0.137. The van der Waals surface area contributed by atoms with E-state index in [0.717, 1.165) is 4.90 Å². The van der Waals surface area contributed by atoms with Crippen molar-refractivity contribution in [3.8, 4) is 11.5 Å². The molecule has 1 aromatic carbocycles. The third kappa shape index (κ3) is 4.13. The van der Waals surface area contributed by atoms with E-state index in [1.165, 1.54) is 32.4 Å². The number of methoxy groups -OCH3 is 2. The number of hydrogen-bond acceptors (Lipinski definition) is 5. The van der Waals surface area contributed by atoms with Gasteiger partial charge >= 0.3 is 5.97 Å². The number of ether oxygens (including phenoxy) is 2. The molecule has 0 fully saturated rings. The van der Waals surface area contributed by atoms with Crippen molar-refractivity contribution >= 4 is 11.9 Å². The van der Waals surface area contributed by atoms with E-state index in [2.05, 4.69) is 0 Å². The second-order valence-electron chi connectivity index (χ2n) is 4.00. The largest absolute Gasteiger partial charge is 0.507 e. The van der Waals surface area contributed by atoms with Crippen LogP contribution in [0.4, 0.5) is 0 Å². The molecule has 1 amide bonds. The van der Waals surface area contributed by atoms with Crippen LogP contribution in [0.25, 0.3) is 0 Å². The van der Waals surface area contributed by atoms with Gasteiger partial charge in [0.2, 0.25) is 0 Å². The maximum atomic E-state index is 12.3. The summed E-state index contributed by atoms with van der Waals surface area (Å²) in [7, 11) is 2.88. The number of phenols is 1. The highest BCUT2D eigenvalue weighted by Crippen LogP contribution is 2.24. The maximum absolute atomic E-state index is 12.3. The van der Waals surface area contributed by atoms with E-state index >= 15 is 0 Å². The van der Waals surface area contributed by atoms with Crippen molar-refractivity contribution in [1.29, 1.82) is 0 Å². The molecule has 20 heavy (non-hydrogen) atoms. The Morgan fingerprint density at radius 3 is 2.55 bits per heavy atom. The Balaban J connectivity index is 3.00. The molecule has 7 heteroatoms. The number of phenolic OH excluding ortho intramolecular Hbond substituents is 1. The molecular formula is C13H17NO6. The molecule has 1 aromatic rings. The van der Waals surface area contributed by atoms with Crippen LogP contribution in [-0.4, -0.2) is 60.9 Å². The summed E-state index contributed by atoms with van der Waals surface area (Å²) >= 11 is 0. The van der Waals surface area contributed by atoms with Gasteiger partial charge in [-0.1, -0.05) is 0 Å². The summed E-state index contributed by atoms with van der Waals surface area (Å²) < 4.78 is 9.82. The van der Waals surface area contributed by atoms with Gasteiger partial charge in [-0.15, -0.1) is 0 Å². The van der Waals surface area contributed by atoms with E-state index in [0.29, 0.717) is 5.75 Å². The minimum Gasteiger partial charge on any atom is -0.507 e. The van der Waals surface area contributed by atoms with Crippen LogP contribution in [0.2, 0.25) is 0 Å². The zero-order chi connectivity index (χ0) is 15.1. The van der Waals surface area contributed by atoms with Crippen LogP contribution in [0.1, 0.15) is 10.4 Å². The van der Waals surface area contributed by atoms with Crippen molar-refractivity contribution in [1.82, 2.24) is 4.90 Å². The van der Waals surface area contributed by atoms with Crippen LogP contribution in [-0.2, 0) is 9.53 Å². The molecule has 7 nitrogen and oxygen atoms in total. The van der Waals surface area contributed by atoms with Gasteiger partial charge in [-0.05, 0) is 18.2 Å². The van der Waals surface area contributed by atoms with Gasteiger partial charge in [0.25, 0.3) is 5.91 Å². The highest BCUT2D eigenvalue weighted by Gasteiger charge is 2.21. The number of aromatic hydroxyl groups is 1. The Bertz CT molecular complexity index is 488. The van der Waals surface area contributed by atoms with Crippen molar-refractivity contribution in [2.24, 2.45) is 0 Å². The van der Waals surface area contributed by atoms with E-state index in [1.807, 2.05) is 0 Å². The van der Waals surface area contributed by atoms with Crippen LogP contribution in [0, 0.1) is 0 Å². The Labute approximate surface area is 116 Å². The van der Waals surface area contributed by atoms with Crippen molar-refractivity contribution < 1.29 is 29.3 Å².